The number of aliphatic imine (C=N–C) groups is 1. The third kappa shape index (κ3) is 3.61. The molecule has 0 aliphatic carbocycles. The minimum atomic E-state index is 0.511. The maximum Gasteiger partial charge on any atom is 0.136 e. The first-order valence-electron chi connectivity index (χ1n) is 7.16. The third-order valence-electron chi connectivity index (χ3n) is 3.48. The Kier molecular flexibility index (Phi) is 4.98. The Morgan fingerprint density at radius 1 is 0.955 bits per heavy atom. The molecule has 22 heavy (non-hydrogen) atoms. The van der Waals surface area contributed by atoms with Crippen molar-refractivity contribution in [2.75, 3.05) is 26.3 Å². The lowest BCUT2D eigenvalue weighted by Crippen LogP contribution is -2.41. The summed E-state index contributed by atoms with van der Waals surface area (Å²) in [6.07, 6.45) is 0. The minimum absolute atomic E-state index is 0.511. The van der Waals surface area contributed by atoms with Crippen LogP contribution in [0, 0.1) is 0 Å². The van der Waals surface area contributed by atoms with Crippen LogP contribution in [0.5, 0.6) is 0 Å². The maximum absolute atomic E-state index is 6.09. The van der Waals surface area contributed by atoms with E-state index in [0.717, 1.165) is 30.2 Å². The van der Waals surface area contributed by atoms with Crippen LogP contribution in [0.3, 0.4) is 0 Å². The molecule has 0 unspecified atom stereocenters. The van der Waals surface area contributed by atoms with E-state index in [0.29, 0.717) is 23.3 Å². The number of hydrogen-bond acceptors (Lipinski definition) is 2. The standard InChI is InChI=1S/C17H16Cl2N2O/c18-15-7-6-14(12-16(15)19)20-17(13-4-2-1-3-5-13)21-8-10-22-11-9-21/h1-7,12H,8-11H2. The second-order valence-corrected chi connectivity index (χ2v) is 5.81. The van der Waals surface area contributed by atoms with Crippen molar-refractivity contribution in [3.05, 3.63) is 64.1 Å². The maximum atomic E-state index is 6.09. The molecule has 0 aromatic heterocycles. The predicted molar refractivity (Wildman–Crippen MR) is 91.5 cm³/mol. The van der Waals surface area contributed by atoms with E-state index >= 15 is 0 Å². The summed E-state index contributed by atoms with van der Waals surface area (Å²) in [6.45, 7) is 3.09. The molecule has 0 N–H and O–H groups in total. The Labute approximate surface area is 140 Å². The van der Waals surface area contributed by atoms with Gasteiger partial charge < -0.3 is 9.64 Å². The van der Waals surface area contributed by atoms with Gasteiger partial charge in [0.25, 0.3) is 0 Å². The summed E-state index contributed by atoms with van der Waals surface area (Å²) in [5.74, 6) is 0.933. The number of hydrogen-bond donors (Lipinski definition) is 0. The molecule has 1 aliphatic heterocycles. The quantitative estimate of drug-likeness (QED) is 0.600. The molecule has 3 nitrogen and oxygen atoms in total. The molecular formula is C17H16Cl2N2O. The third-order valence-corrected chi connectivity index (χ3v) is 4.22. The fourth-order valence-electron chi connectivity index (χ4n) is 2.36. The SMILES string of the molecule is Clc1ccc(N=C(c2ccccc2)N2CCOCC2)cc1Cl. The highest BCUT2D eigenvalue weighted by Crippen LogP contribution is 2.27. The highest BCUT2D eigenvalue weighted by Gasteiger charge is 2.17. The van der Waals surface area contributed by atoms with E-state index in [2.05, 4.69) is 17.0 Å². The van der Waals surface area contributed by atoms with E-state index in [-0.39, 0.29) is 0 Å². The van der Waals surface area contributed by atoms with Crippen LogP contribution in [0.15, 0.2) is 53.5 Å². The lowest BCUT2D eigenvalue weighted by atomic mass is 10.1. The summed E-state index contributed by atoms with van der Waals surface area (Å²) >= 11 is 12.1. The van der Waals surface area contributed by atoms with Gasteiger partial charge in [-0.15, -0.1) is 0 Å². The molecule has 0 saturated carbocycles. The van der Waals surface area contributed by atoms with E-state index < -0.39 is 0 Å². The predicted octanol–water partition coefficient (Wildman–Crippen LogP) is 4.40. The zero-order chi connectivity index (χ0) is 15.4. The molecule has 2 aromatic rings. The Hall–Kier alpha value is -1.55. The summed E-state index contributed by atoms with van der Waals surface area (Å²) in [5.41, 5.74) is 1.87. The van der Waals surface area contributed by atoms with Gasteiger partial charge in [-0.2, -0.15) is 0 Å². The number of amidine groups is 1. The van der Waals surface area contributed by atoms with Gasteiger partial charge in [-0.25, -0.2) is 4.99 Å². The summed E-state index contributed by atoms with van der Waals surface area (Å²) in [5, 5.41) is 1.05. The fourth-order valence-corrected chi connectivity index (χ4v) is 2.65. The lowest BCUT2D eigenvalue weighted by Gasteiger charge is -2.30. The molecule has 1 fully saturated rings. The monoisotopic (exact) mass is 334 g/mol. The highest BCUT2D eigenvalue weighted by molar-refractivity contribution is 6.42. The second-order valence-electron chi connectivity index (χ2n) is 5.00. The molecule has 1 saturated heterocycles. The van der Waals surface area contributed by atoms with Gasteiger partial charge in [0, 0.05) is 18.7 Å². The van der Waals surface area contributed by atoms with Crippen molar-refractivity contribution in [3.63, 3.8) is 0 Å². The van der Waals surface area contributed by atoms with E-state index in [1.807, 2.05) is 24.3 Å². The largest absolute Gasteiger partial charge is 0.378 e. The minimum Gasteiger partial charge on any atom is -0.378 e. The van der Waals surface area contributed by atoms with E-state index in [9.17, 15) is 0 Å². The number of morpholine rings is 1. The number of ether oxygens (including phenoxy) is 1. The summed E-state index contributed by atoms with van der Waals surface area (Å²) in [4.78, 5) is 7.04. The van der Waals surface area contributed by atoms with Gasteiger partial charge >= 0.3 is 0 Å². The molecule has 2 aromatic carbocycles. The molecule has 0 amide bonds. The van der Waals surface area contributed by atoms with Crippen LogP contribution in [0.4, 0.5) is 5.69 Å². The van der Waals surface area contributed by atoms with Crippen molar-refractivity contribution < 1.29 is 4.74 Å². The first-order chi connectivity index (χ1) is 10.7. The summed E-state index contributed by atoms with van der Waals surface area (Å²) in [7, 11) is 0. The van der Waals surface area contributed by atoms with Gasteiger partial charge in [-0.3, -0.25) is 0 Å². The van der Waals surface area contributed by atoms with Crippen LogP contribution in [-0.2, 0) is 4.74 Å². The molecule has 1 aliphatic rings. The zero-order valence-electron chi connectivity index (χ0n) is 12.0. The molecule has 0 atom stereocenters. The molecule has 1 heterocycles. The Morgan fingerprint density at radius 2 is 1.68 bits per heavy atom. The van der Waals surface area contributed by atoms with Crippen LogP contribution >= 0.6 is 23.2 Å². The van der Waals surface area contributed by atoms with Crippen LogP contribution in [0.25, 0.3) is 0 Å². The molecule has 114 valence electrons. The number of nitrogens with zero attached hydrogens (tertiary/aromatic N) is 2. The highest BCUT2D eigenvalue weighted by atomic mass is 35.5. The van der Waals surface area contributed by atoms with E-state index in [4.69, 9.17) is 32.9 Å². The first-order valence-corrected chi connectivity index (χ1v) is 7.91. The lowest BCUT2D eigenvalue weighted by molar-refractivity contribution is 0.0683. The average Bonchev–Trinajstić information content (AvgIpc) is 2.57. The molecule has 5 heteroatoms. The number of halogens is 2. The van der Waals surface area contributed by atoms with Crippen LogP contribution in [-0.4, -0.2) is 37.0 Å². The zero-order valence-corrected chi connectivity index (χ0v) is 13.5. The molecule has 0 spiro atoms. The normalized spacial score (nSPS) is 15.9. The van der Waals surface area contributed by atoms with Gasteiger partial charge in [-0.05, 0) is 18.2 Å². The van der Waals surface area contributed by atoms with Crippen LogP contribution in [0.1, 0.15) is 5.56 Å². The fraction of sp³-hybridized carbons (Fsp3) is 0.235. The Bertz CT molecular complexity index is 668. The first kappa shape index (κ1) is 15.3. The van der Waals surface area contributed by atoms with Crippen molar-refractivity contribution in [2.45, 2.75) is 0 Å². The smallest absolute Gasteiger partial charge is 0.136 e. The van der Waals surface area contributed by atoms with Crippen molar-refractivity contribution in [1.82, 2.24) is 4.90 Å². The van der Waals surface area contributed by atoms with E-state index in [1.165, 1.54) is 0 Å². The van der Waals surface area contributed by atoms with Crippen molar-refractivity contribution in [1.29, 1.82) is 0 Å². The average molecular weight is 335 g/mol. The van der Waals surface area contributed by atoms with Gasteiger partial charge in [0.05, 0.1) is 28.9 Å². The van der Waals surface area contributed by atoms with Gasteiger partial charge in [-0.1, -0.05) is 53.5 Å². The molecule has 3 rings (SSSR count). The summed E-state index contributed by atoms with van der Waals surface area (Å²) in [6, 6.07) is 15.6. The topological polar surface area (TPSA) is 24.8 Å². The van der Waals surface area contributed by atoms with Gasteiger partial charge in [0.15, 0.2) is 0 Å². The molecule has 0 bridgehead atoms. The van der Waals surface area contributed by atoms with Crippen molar-refractivity contribution in [2.24, 2.45) is 4.99 Å². The van der Waals surface area contributed by atoms with Crippen molar-refractivity contribution >= 4 is 34.7 Å². The van der Waals surface area contributed by atoms with Gasteiger partial charge in [0.1, 0.15) is 5.84 Å². The molecular weight excluding hydrogens is 319 g/mol. The Morgan fingerprint density at radius 3 is 2.36 bits per heavy atom. The second kappa shape index (κ2) is 7.14. The van der Waals surface area contributed by atoms with Gasteiger partial charge in [0.2, 0.25) is 0 Å². The van der Waals surface area contributed by atoms with Crippen molar-refractivity contribution in [3.8, 4) is 0 Å². The molecule has 0 radical (unpaired) electrons. The van der Waals surface area contributed by atoms with Crippen LogP contribution < -0.4 is 0 Å². The van der Waals surface area contributed by atoms with Crippen LogP contribution in [0.2, 0.25) is 10.0 Å². The number of benzene rings is 2. The summed E-state index contributed by atoms with van der Waals surface area (Å²) < 4.78 is 5.44. The Balaban J connectivity index is 2.00. The number of rotatable bonds is 2. The van der Waals surface area contributed by atoms with E-state index in [1.54, 1.807) is 12.1 Å².